The number of esters is 2. The van der Waals surface area contributed by atoms with Gasteiger partial charge in [-0.2, -0.15) is 0 Å². The molecule has 0 unspecified atom stereocenters. The van der Waals surface area contributed by atoms with Crippen LogP contribution < -0.4 is 0 Å². The Kier molecular flexibility index (Phi) is 4.73. The summed E-state index contributed by atoms with van der Waals surface area (Å²) < 4.78 is 11.4. The lowest BCUT2D eigenvalue weighted by atomic mass is 9.39. The molecule has 162 valence electrons. The summed E-state index contributed by atoms with van der Waals surface area (Å²) in [6.45, 7) is 10.1. The molecule has 0 amide bonds. The van der Waals surface area contributed by atoms with Crippen molar-refractivity contribution in [1.82, 2.24) is 0 Å². The van der Waals surface area contributed by atoms with Crippen molar-refractivity contribution < 1.29 is 24.2 Å². The number of ether oxygens (including phenoxy) is 2. The molecule has 0 aromatic carbocycles. The van der Waals surface area contributed by atoms with E-state index in [1.165, 1.54) is 13.8 Å². The monoisotopic (exact) mass is 404 g/mol. The van der Waals surface area contributed by atoms with Crippen LogP contribution in [0.2, 0.25) is 0 Å². The number of fused-ring (bicyclic) bond motifs is 3. The molecule has 0 aromatic rings. The fraction of sp³-hybridized carbons (Fsp3) is 0.833. The second kappa shape index (κ2) is 6.57. The zero-order valence-corrected chi connectivity index (χ0v) is 18.5. The molecule has 5 nitrogen and oxygen atoms in total. The molecule has 0 aliphatic heterocycles. The highest BCUT2D eigenvalue weighted by Crippen LogP contribution is 2.72. The van der Waals surface area contributed by atoms with E-state index in [-0.39, 0.29) is 46.1 Å². The lowest BCUT2D eigenvalue weighted by Gasteiger charge is -2.67. The molecule has 8 atom stereocenters. The molecular formula is C24H36O5. The molecule has 3 fully saturated rings. The predicted octanol–water partition coefficient (Wildman–Crippen LogP) is 4.03. The highest BCUT2D eigenvalue weighted by molar-refractivity contribution is 5.67. The summed E-state index contributed by atoms with van der Waals surface area (Å²) in [4.78, 5) is 23.5. The summed E-state index contributed by atoms with van der Waals surface area (Å²) in [5.74, 6) is 0.00288. The van der Waals surface area contributed by atoms with Crippen molar-refractivity contribution in [1.29, 1.82) is 0 Å². The van der Waals surface area contributed by atoms with Gasteiger partial charge in [0.1, 0.15) is 6.10 Å². The van der Waals surface area contributed by atoms with Gasteiger partial charge in [-0.15, -0.1) is 0 Å². The van der Waals surface area contributed by atoms with Gasteiger partial charge in [0.15, 0.2) is 0 Å². The van der Waals surface area contributed by atoms with Gasteiger partial charge in [0, 0.05) is 24.7 Å². The Balaban J connectivity index is 1.75. The maximum atomic E-state index is 12.0. The second-order valence-corrected chi connectivity index (χ2v) is 11.0. The van der Waals surface area contributed by atoms with E-state index in [0.717, 1.165) is 32.1 Å². The first-order chi connectivity index (χ1) is 13.5. The average Bonchev–Trinajstić information content (AvgIpc) is 2.79. The van der Waals surface area contributed by atoms with Crippen molar-refractivity contribution in [3.63, 3.8) is 0 Å². The van der Waals surface area contributed by atoms with E-state index in [1.807, 2.05) is 0 Å². The summed E-state index contributed by atoms with van der Waals surface area (Å²) in [5.41, 5.74) is -0.840. The van der Waals surface area contributed by atoms with Crippen molar-refractivity contribution in [3.05, 3.63) is 12.2 Å². The van der Waals surface area contributed by atoms with Gasteiger partial charge in [0.05, 0.1) is 18.1 Å². The van der Waals surface area contributed by atoms with Gasteiger partial charge in [0.25, 0.3) is 0 Å². The Labute approximate surface area is 174 Å². The van der Waals surface area contributed by atoms with Gasteiger partial charge >= 0.3 is 11.9 Å². The Morgan fingerprint density at radius 3 is 2.41 bits per heavy atom. The van der Waals surface area contributed by atoms with Gasteiger partial charge in [-0.05, 0) is 49.4 Å². The molecular weight excluding hydrogens is 368 g/mol. The minimum absolute atomic E-state index is 0.0147. The number of hydrogen-bond donors (Lipinski definition) is 1. The molecule has 0 heterocycles. The zero-order chi connectivity index (χ0) is 21.2. The third kappa shape index (κ3) is 2.83. The summed E-state index contributed by atoms with van der Waals surface area (Å²) >= 11 is 0. The molecule has 0 saturated heterocycles. The summed E-state index contributed by atoms with van der Waals surface area (Å²) in [5, 5.41) is 11.6. The summed E-state index contributed by atoms with van der Waals surface area (Å²) in [7, 11) is 0. The molecule has 4 aliphatic rings. The molecule has 4 aliphatic carbocycles. The number of carbonyl (C=O) groups excluding carboxylic acids is 2. The smallest absolute Gasteiger partial charge is 0.302 e. The van der Waals surface area contributed by atoms with E-state index < -0.39 is 11.5 Å². The number of rotatable bonds is 3. The molecule has 2 bridgehead atoms. The lowest BCUT2D eigenvalue weighted by Crippen LogP contribution is -2.67. The average molecular weight is 405 g/mol. The first-order valence-corrected chi connectivity index (χ1v) is 11.2. The molecule has 0 aromatic heterocycles. The Morgan fingerprint density at radius 2 is 1.76 bits per heavy atom. The second-order valence-electron chi connectivity index (χ2n) is 11.0. The van der Waals surface area contributed by atoms with Gasteiger partial charge in [-0.1, -0.05) is 39.3 Å². The lowest BCUT2D eigenvalue weighted by molar-refractivity contribution is -0.242. The molecule has 29 heavy (non-hydrogen) atoms. The largest absolute Gasteiger partial charge is 0.465 e. The molecule has 1 spiro atoms. The Morgan fingerprint density at radius 1 is 1.03 bits per heavy atom. The number of aliphatic hydroxyl groups excluding tert-OH is 1. The van der Waals surface area contributed by atoms with Crippen LogP contribution in [0, 0.1) is 33.5 Å². The zero-order valence-electron chi connectivity index (χ0n) is 18.5. The maximum Gasteiger partial charge on any atom is 0.302 e. The fourth-order valence-electron chi connectivity index (χ4n) is 7.98. The van der Waals surface area contributed by atoms with E-state index in [0.29, 0.717) is 13.0 Å². The molecule has 3 saturated carbocycles. The van der Waals surface area contributed by atoms with Crippen LogP contribution in [-0.2, 0) is 19.1 Å². The Hall–Kier alpha value is -1.36. The van der Waals surface area contributed by atoms with Crippen LogP contribution in [0.1, 0.15) is 73.1 Å². The minimum Gasteiger partial charge on any atom is -0.465 e. The van der Waals surface area contributed by atoms with Crippen molar-refractivity contribution in [2.45, 2.75) is 85.4 Å². The number of carbonyl (C=O) groups is 2. The van der Waals surface area contributed by atoms with Crippen molar-refractivity contribution >= 4 is 11.9 Å². The minimum atomic E-state index is -0.567. The van der Waals surface area contributed by atoms with Crippen LogP contribution in [0.5, 0.6) is 0 Å². The van der Waals surface area contributed by atoms with Gasteiger partial charge in [0.2, 0.25) is 0 Å². The van der Waals surface area contributed by atoms with Crippen LogP contribution >= 0.6 is 0 Å². The first kappa shape index (κ1) is 20.9. The van der Waals surface area contributed by atoms with E-state index in [1.54, 1.807) is 0 Å². The van der Waals surface area contributed by atoms with Crippen LogP contribution in [-0.4, -0.2) is 35.9 Å². The third-order valence-corrected chi connectivity index (χ3v) is 9.20. The number of hydrogen-bond acceptors (Lipinski definition) is 5. The van der Waals surface area contributed by atoms with Crippen LogP contribution in [0.4, 0.5) is 0 Å². The van der Waals surface area contributed by atoms with Crippen molar-refractivity contribution in [2.75, 3.05) is 6.61 Å². The summed E-state index contributed by atoms with van der Waals surface area (Å²) in [6.07, 6.45) is 9.37. The van der Waals surface area contributed by atoms with Crippen molar-refractivity contribution in [3.8, 4) is 0 Å². The number of aliphatic hydroxyl groups is 1. The quantitative estimate of drug-likeness (QED) is 0.568. The van der Waals surface area contributed by atoms with Gasteiger partial charge in [-0.25, -0.2) is 0 Å². The molecule has 5 heteroatoms. The van der Waals surface area contributed by atoms with E-state index in [4.69, 9.17) is 9.47 Å². The SMILES string of the molecule is CC(=O)OC[C@@]1(C)CCC[C@]2(C)[C@@H]1C[C@H](O)[C@@]13C=C[C@@](C)(CC[C@@H]21)[C@@H]3OC(C)=O. The normalized spacial score (nSPS) is 50.4. The highest BCUT2D eigenvalue weighted by atomic mass is 16.5. The highest BCUT2D eigenvalue weighted by Gasteiger charge is 2.71. The first-order valence-electron chi connectivity index (χ1n) is 11.2. The predicted molar refractivity (Wildman–Crippen MR) is 109 cm³/mol. The van der Waals surface area contributed by atoms with Crippen molar-refractivity contribution in [2.24, 2.45) is 33.5 Å². The topological polar surface area (TPSA) is 72.8 Å². The van der Waals surface area contributed by atoms with E-state index in [2.05, 4.69) is 32.9 Å². The van der Waals surface area contributed by atoms with Crippen LogP contribution in [0.3, 0.4) is 0 Å². The van der Waals surface area contributed by atoms with Crippen LogP contribution in [0.15, 0.2) is 12.2 Å². The van der Waals surface area contributed by atoms with E-state index in [9.17, 15) is 14.7 Å². The maximum absolute atomic E-state index is 12.0. The van der Waals surface area contributed by atoms with Gasteiger partial charge < -0.3 is 14.6 Å². The standard InChI is InChI=1S/C24H36O5/c1-15(25)28-14-22(4)8-6-9-23(5)17-7-10-21(3)11-12-24(17,19(27)13-18(22)23)20(21)29-16(2)26/h11-12,17-20,27H,6-10,13-14H2,1-5H3/t17-,18+,19-,20-,21+,22+,23-,24+/m0/s1. The third-order valence-electron chi connectivity index (χ3n) is 9.20. The molecule has 1 N–H and O–H groups in total. The van der Waals surface area contributed by atoms with Crippen LogP contribution in [0.25, 0.3) is 0 Å². The fourth-order valence-corrected chi connectivity index (χ4v) is 7.98. The van der Waals surface area contributed by atoms with Gasteiger partial charge in [-0.3, -0.25) is 9.59 Å². The molecule has 4 rings (SSSR count). The Bertz CT molecular complexity index is 746. The van der Waals surface area contributed by atoms with E-state index >= 15 is 0 Å². The summed E-state index contributed by atoms with van der Waals surface area (Å²) in [6, 6.07) is 0. The molecule has 0 radical (unpaired) electrons.